The summed E-state index contributed by atoms with van der Waals surface area (Å²) in [6.45, 7) is 1.18. The molecule has 136 valence electrons. The summed E-state index contributed by atoms with van der Waals surface area (Å²) in [6.07, 6.45) is 0.857. The SMILES string of the molecule is COCc1ccccc1NC(N)=NCCc1ccc(N(C)C)cc1.I. The van der Waals surface area contributed by atoms with E-state index in [0.717, 1.165) is 17.7 Å². The van der Waals surface area contributed by atoms with E-state index < -0.39 is 0 Å². The Morgan fingerprint density at radius 3 is 2.44 bits per heavy atom. The van der Waals surface area contributed by atoms with Gasteiger partial charge in [-0.1, -0.05) is 30.3 Å². The van der Waals surface area contributed by atoms with Crippen LogP contribution < -0.4 is 16.0 Å². The topological polar surface area (TPSA) is 62.9 Å². The average molecular weight is 454 g/mol. The minimum Gasteiger partial charge on any atom is -0.380 e. The molecule has 0 aliphatic rings. The molecule has 0 amide bonds. The first-order valence-corrected chi connectivity index (χ1v) is 8.00. The van der Waals surface area contributed by atoms with Crippen molar-refractivity contribution in [3.63, 3.8) is 0 Å². The Bertz CT molecular complexity index is 671. The Hall–Kier alpha value is -1.80. The largest absolute Gasteiger partial charge is 0.380 e. The van der Waals surface area contributed by atoms with Crippen molar-refractivity contribution in [1.29, 1.82) is 0 Å². The van der Waals surface area contributed by atoms with E-state index in [2.05, 4.69) is 39.5 Å². The van der Waals surface area contributed by atoms with E-state index in [-0.39, 0.29) is 24.0 Å². The normalized spacial score (nSPS) is 10.9. The first-order chi connectivity index (χ1) is 11.6. The second-order valence-electron chi connectivity index (χ2n) is 5.79. The molecule has 0 fully saturated rings. The number of aliphatic imine (C=N–C) groups is 1. The van der Waals surface area contributed by atoms with Crippen LogP contribution in [0.4, 0.5) is 11.4 Å². The van der Waals surface area contributed by atoms with Gasteiger partial charge >= 0.3 is 0 Å². The molecule has 0 aromatic heterocycles. The molecule has 25 heavy (non-hydrogen) atoms. The van der Waals surface area contributed by atoms with Gasteiger partial charge in [0, 0.05) is 44.7 Å². The van der Waals surface area contributed by atoms with Crippen LogP contribution in [-0.4, -0.2) is 33.7 Å². The smallest absolute Gasteiger partial charge is 0.193 e. The molecule has 0 bridgehead atoms. The molecule has 0 atom stereocenters. The number of rotatable bonds is 7. The van der Waals surface area contributed by atoms with Gasteiger partial charge in [0.15, 0.2) is 5.96 Å². The standard InChI is InChI=1S/C19H26N4O.HI/c1-23(2)17-10-8-15(9-11-17)12-13-21-19(20)22-18-7-5-4-6-16(18)14-24-3;/h4-11H,12-14H2,1-3H3,(H3,20,21,22);1H. The van der Waals surface area contributed by atoms with Gasteiger partial charge in [0.05, 0.1) is 6.61 Å². The molecule has 0 heterocycles. The second kappa shape index (κ2) is 10.9. The lowest BCUT2D eigenvalue weighted by Gasteiger charge is -2.12. The Morgan fingerprint density at radius 2 is 1.80 bits per heavy atom. The second-order valence-corrected chi connectivity index (χ2v) is 5.79. The van der Waals surface area contributed by atoms with Crippen LogP contribution >= 0.6 is 24.0 Å². The highest BCUT2D eigenvalue weighted by molar-refractivity contribution is 14.0. The molecule has 0 aliphatic carbocycles. The van der Waals surface area contributed by atoms with E-state index in [0.29, 0.717) is 19.1 Å². The van der Waals surface area contributed by atoms with Crippen LogP contribution in [0.5, 0.6) is 0 Å². The zero-order valence-corrected chi connectivity index (χ0v) is 17.4. The maximum Gasteiger partial charge on any atom is 0.193 e. The number of hydrogen-bond donors (Lipinski definition) is 2. The zero-order valence-electron chi connectivity index (χ0n) is 15.0. The number of halogens is 1. The summed E-state index contributed by atoms with van der Waals surface area (Å²) in [4.78, 5) is 6.49. The molecule has 2 aromatic carbocycles. The van der Waals surface area contributed by atoms with Gasteiger partial charge in [0.1, 0.15) is 0 Å². The number of methoxy groups -OCH3 is 1. The third-order valence-electron chi connectivity index (χ3n) is 3.72. The number of nitrogens with two attached hydrogens (primary N) is 1. The lowest BCUT2D eigenvalue weighted by Crippen LogP contribution is -2.23. The summed E-state index contributed by atoms with van der Waals surface area (Å²) >= 11 is 0. The Balaban J connectivity index is 0.00000312. The Morgan fingerprint density at radius 1 is 1.12 bits per heavy atom. The molecule has 6 heteroatoms. The number of anilines is 2. The highest BCUT2D eigenvalue weighted by Crippen LogP contribution is 2.15. The van der Waals surface area contributed by atoms with Gasteiger partial charge in [-0.3, -0.25) is 4.99 Å². The molecule has 2 rings (SSSR count). The maximum atomic E-state index is 5.99. The minimum atomic E-state index is 0. The van der Waals surface area contributed by atoms with E-state index in [4.69, 9.17) is 10.5 Å². The van der Waals surface area contributed by atoms with Crippen molar-refractivity contribution in [2.24, 2.45) is 10.7 Å². The molecule has 3 N–H and O–H groups in total. The fourth-order valence-corrected chi connectivity index (χ4v) is 2.37. The molecule has 0 unspecified atom stereocenters. The van der Waals surface area contributed by atoms with E-state index in [1.54, 1.807) is 7.11 Å². The predicted molar refractivity (Wildman–Crippen MR) is 117 cm³/mol. The van der Waals surface area contributed by atoms with E-state index in [1.807, 2.05) is 38.4 Å². The van der Waals surface area contributed by atoms with Gasteiger partial charge in [-0.05, 0) is 30.2 Å². The number of nitrogens with one attached hydrogen (secondary N) is 1. The summed E-state index contributed by atoms with van der Waals surface area (Å²) in [5, 5.41) is 3.15. The number of benzene rings is 2. The summed E-state index contributed by atoms with van der Waals surface area (Å²) < 4.78 is 5.19. The van der Waals surface area contributed by atoms with Crippen LogP contribution in [0.2, 0.25) is 0 Å². The van der Waals surface area contributed by atoms with Crippen molar-refractivity contribution in [1.82, 2.24) is 0 Å². The molecule has 0 spiro atoms. The van der Waals surface area contributed by atoms with Crippen molar-refractivity contribution in [3.8, 4) is 0 Å². The highest BCUT2D eigenvalue weighted by Gasteiger charge is 2.02. The Labute approximate surface area is 167 Å². The molecular weight excluding hydrogens is 427 g/mol. The van der Waals surface area contributed by atoms with Crippen molar-refractivity contribution in [2.75, 3.05) is 38.0 Å². The first kappa shape index (κ1) is 21.2. The molecule has 0 saturated carbocycles. The van der Waals surface area contributed by atoms with Gasteiger partial charge in [-0.25, -0.2) is 0 Å². The Kier molecular flexibility index (Phi) is 9.30. The van der Waals surface area contributed by atoms with Crippen LogP contribution in [0.25, 0.3) is 0 Å². The predicted octanol–water partition coefficient (Wildman–Crippen LogP) is 3.49. The van der Waals surface area contributed by atoms with Crippen molar-refractivity contribution in [3.05, 3.63) is 59.7 Å². The molecular formula is C19H27IN4O. The number of hydrogen-bond acceptors (Lipinski definition) is 3. The number of ether oxygens (including phenoxy) is 1. The third-order valence-corrected chi connectivity index (χ3v) is 3.72. The molecule has 2 aromatic rings. The number of nitrogens with zero attached hydrogens (tertiary/aromatic N) is 2. The zero-order chi connectivity index (χ0) is 17.4. The van der Waals surface area contributed by atoms with Gasteiger partial charge in [0.25, 0.3) is 0 Å². The lowest BCUT2D eigenvalue weighted by atomic mass is 10.1. The van der Waals surface area contributed by atoms with E-state index in [1.165, 1.54) is 11.3 Å². The summed E-state index contributed by atoms with van der Waals surface area (Å²) in [7, 11) is 5.75. The van der Waals surface area contributed by atoms with E-state index >= 15 is 0 Å². The monoisotopic (exact) mass is 454 g/mol. The van der Waals surface area contributed by atoms with Crippen molar-refractivity contribution < 1.29 is 4.74 Å². The van der Waals surface area contributed by atoms with Gasteiger partial charge in [-0.2, -0.15) is 0 Å². The van der Waals surface area contributed by atoms with E-state index in [9.17, 15) is 0 Å². The van der Waals surface area contributed by atoms with Crippen molar-refractivity contribution in [2.45, 2.75) is 13.0 Å². The first-order valence-electron chi connectivity index (χ1n) is 8.00. The fourth-order valence-electron chi connectivity index (χ4n) is 2.37. The molecule has 0 saturated heterocycles. The average Bonchev–Trinajstić information content (AvgIpc) is 2.57. The lowest BCUT2D eigenvalue weighted by molar-refractivity contribution is 0.185. The van der Waals surface area contributed by atoms with Gasteiger partial charge in [-0.15, -0.1) is 24.0 Å². The maximum absolute atomic E-state index is 5.99. The van der Waals surface area contributed by atoms with Crippen LogP contribution in [0.15, 0.2) is 53.5 Å². The van der Waals surface area contributed by atoms with Crippen LogP contribution in [-0.2, 0) is 17.8 Å². The number of para-hydroxylation sites is 1. The van der Waals surface area contributed by atoms with Crippen LogP contribution in [0.3, 0.4) is 0 Å². The van der Waals surface area contributed by atoms with Gasteiger partial charge in [0.2, 0.25) is 0 Å². The highest BCUT2D eigenvalue weighted by atomic mass is 127. The summed E-state index contributed by atoms with van der Waals surface area (Å²) in [5.74, 6) is 0.420. The molecule has 0 aliphatic heterocycles. The molecule has 0 radical (unpaired) electrons. The summed E-state index contributed by atoms with van der Waals surface area (Å²) in [5.41, 5.74) is 10.4. The van der Waals surface area contributed by atoms with Crippen molar-refractivity contribution >= 4 is 41.3 Å². The fraction of sp³-hybridized carbons (Fsp3) is 0.316. The van der Waals surface area contributed by atoms with Crippen LogP contribution in [0, 0.1) is 0 Å². The minimum absolute atomic E-state index is 0. The van der Waals surface area contributed by atoms with Gasteiger partial charge < -0.3 is 20.7 Å². The third kappa shape index (κ3) is 6.91. The quantitative estimate of drug-likeness (QED) is 0.382. The number of guanidine groups is 1. The molecule has 5 nitrogen and oxygen atoms in total. The summed E-state index contributed by atoms with van der Waals surface area (Å²) in [6, 6.07) is 16.4. The van der Waals surface area contributed by atoms with Crippen LogP contribution in [0.1, 0.15) is 11.1 Å².